The van der Waals surface area contributed by atoms with Gasteiger partial charge in [0.1, 0.15) is 18.2 Å². The monoisotopic (exact) mass is 407 g/mol. The van der Waals surface area contributed by atoms with Crippen molar-refractivity contribution in [3.8, 4) is 5.75 Å². The maximum absolute atomic E-state index is 13.4. The summed E-state index contributed by atoms with van der Waals surface area (Å²) in [7, 11) is 0. The molecule has 29 heavy (non-hydrogen) atoms. The van der Waals surface area contributed by atoms with E-state index in [1.807, 2.05) is 30.3 Å². The standard InChI is InChI=1S/C23H15ClFNO3/c24-18-10-8-15(9-11-18)14-28-21-7-2-1-4-16(21)13-20-23(27)29-22(26-20)17-5-3-6-19(25)12-17/h1-13H,14H2/b20-13-. The van der Waals surface area contributed by atoms with Gasteiger partial charge < -0.3 is 9.47 Å². The molecule has 4 nitrogen and oxygen atoms in total. The molecule has 0 unspecified atom stereocenters. The Morgan fingerprint density at radius 2 is 1.83 bits per heavy atom. The molecule has 0 radical (unpaired) electrons. The van der Waals surface area contributed by atoms with E-state index in [2.05, 4.69) is 4.99 Å². The zero-order valence-electron chi connectivity index (χ0n) is 15.1. The maximum atomic E-state index is 13.4. The van der Waals surface area contributed by atoms with Crippen LogP contribution in [0.25, 0.3) is 6.08 Å². The Morgan fingerprint density at radius 3 is 2.62 bits per heavy atom. The van der Waals surface area contributed by atoms with Gasteiger partial charge in [-0.3, -0.25) is 0 Å². The number of cyclic esters (lactones) is 1. The number of para-hydroxylation sites is 1. The summed E-state index contributed by atoms with van der Waals surface area (Å²) in [5, 5.41) is 0.658. The van der Waals surface area contributed by atoms with Gasteiger partial charge in [-0.2, -0.15) is 0 Å². The Hall–Kier alpha value is -3.44. The van der Waals surface area contributed by atoms with Gasteiger partial charge in [-0.1, -0.05) is 48.0 Å². The molecule has 0 atom stereocenters. The summed E-state index contributed by atoms with van der Waals surface area (Å²) >= 11 is 5.90. The first-order chi connectivity index (χ1) is 14.1. The van der Waals surface area contributed by atoms with Crippen LogP contribution in [0, 0.1) is 5.82 Å². The van der Waals surface area contributed by atoms with Crippen LogP contribution in [0.4, 0.5) is 4.39 Å². The number of nitrogens with zero attached hydrogens (tertiary/aromatic N) is 1. The molecular weight excluding hydrogens is 393 g/mol. The smallest absolute Gasteiger partial charge is 0.363 e. The van der Waals surface area contributed by atoms with Gasteiger partial charge in [-0.05, 0) is 48.0 Å². The first-order valence-corrected chi connectivity index (χ1v) is 9.21. The molecule has 6 heteroatoms. The van der Waals surface area contributed by atoms with E-state index in [1.165, 1.54) is 18.2 Å². The second kappa shape index (κ2) is 8.29. The number of carbonyl (C=O) groups excluding carboxylic acids is 1. The third-order valence-corrected chi connectivity index (χ3v) is 4.46. The molecule has 1 heterocycles. The van der Waals surface area contributed by atoms with Crippen LogP contribution in [-0.2, 0) is 16.1 Å². The van der Waals surface area contributed by atoms with E-state index >= 15 is 0 Å². The summed E-state index contributed by atoms with van der Waals surface area (Å²) in [6.07, 6.45) is 1.59. The lowest BCUT2D eigenvalue weighted by atomic mass is 10.1. The molecule has 0 N–H and O–H groups in total. The van der Waals surface area contributed by atoms with Crippen LogP contribution in [0.15, 0.2) is 83.5 Å². The third-order valence-electron chi connectivity index (χ3n) is 4.21. The number of hydrogen-bond acceptors (Lipinski definition) is 4. The fraction of sp³-hybridized carbons (Fsp3) is 0.0435. The molecule has 0 bridgehead atoms. The number of hydrogen-bond donors (Lipinski definition) is 0. The SMILES string of the molecule is O=C1OC(c2cccc(F)c2)=N/C1=C\c1ccccc1OCc1ccc(Cl)cc1. The van der Waals surface area contributed by atoms with Gasteiger partial charge in [0.2, 0.25) is 5.90 Å². The van der Waals surface area contributed by atoms with Gasteiger partial charge in [0.15, 0.2) is 5.70 Å². The van der Waals surface area contributed by atoms with E-state index in [4.69, 9.17) is 21.1 Å². The molecule has 0 saturated carbocycles. The van der Waals surface area contributed by atoms with E-state index < -0.39 is 11.8 Å². The Balaban J connectivity index is 1.57. The maximum Gasteiger partial charge on any atom is 0.363 e. The molecule has 0 fully saturated rings. The van der Waals surface area contributed by atoms with Gasteiger partial charge in [0.25, 0.3) is 0 Å². The summed E-state index contributed by atoms with van der Waals surface area (Å²) in [5.41, 5.74) is 2.15. The summed E-state index contributed by atoms with van der Waals surface area (Å²) < 4.78 is 24.5. The van der Waals surface area contributed by atoms with Crippen LogP contribution in [-0.4, -0.2) is 11.9 Å². The van der Waals surface area contributed by atoms with Crippen molar-refractivity contribution in [3.63, 3.8) is 0 Å². The van der Waals surface area contributed by atoms with Gasteiger partial charge >= 0.3 is 5.97 Å². The van der Waals surface area contributed by atoms with E-state index in [1.54, 1.807) is 30.3 Å². The molecule has 4 rings (SSSR count). The van der Waals surface area contributed by atoms with Crippen LogP contribution in [0.5, 0.6) is 5.75 Å². The Labute approximate surface area is 171 Å². The van der Waals surface area contributed by atoms with Gasteiger partial charge in [-0.15, -0.1) is 0 Å². The summed E-state index contributed by atoms with van der Waals surface area (Å²) in [4.78, 5) is 16.4. The van der Waals surface area contributed by atoms with E-state index in [0.29, 0.717) is 28.5 Å². The Kier molecular flexibility index (Phi) is 5.40. The molecule has 3 aromatic carbocycles. The first-order valence-electron chi connectivity index (χ1n) is 8.83. The number of esters is 1. The predicted molar refractivity (Wildman–Crippen MR) is 109 cm³/mol. The van der Waals surface area contributed by atoms with Crippen molar-refractivity contribution in [2.75, 3.05) is 0 Å². The molecule has 0 aliphatic carbocycles. The Morgan fingerprint density at radius 1 is 1.03 bits per heavy atom. The zero-order valence-corrected chi connectivity index (χ0v) is 15.9. The average Bonchev–Trinajstić information content (AvgIpc) is 3.09. The number of carbonyl (C=O) groups is 1. The van der Waals surface area contributed by atoms with Crippen molar-refractivity contribution in [3.05, 3.63) is 106 Å². The van der Waals surface area contributed by atoms with Crippen LogP contribution >= 0.6 is 11.6 Å². The summed E-state index contributed by atoms with van der Waals surface area (Å²) in [6.45, 7) is 0.347. The molecule has 144 valence electrons. The van der Waals surface area contributed by atoms with Gasteiger partial charge in [0.05, 0.1) is 0 Å². The van der Waals surface area contributed by atoms with Crippen molar-refractivity contribution in [2.45, 2.75) is 6.61 Å². The molecule has 1 aliphatic rings. The second-order valence-electron chi connectivity index (χ2n) is 6.30. The predicted octanol–water partition coefficient (Wildman–Crippen LogP) is 5.40. The van der Waals surface area contributed by atoms with Crippen molar-refractivity contribution >= 4 is 29.5 Å². The highest BCUT2D eigenvalue weighted by Crippen LogP contribution is 2.25. The van der Waals surface area contributed by atoms with Gasteiger partial charge in [-0.25, -0.2) is 14.2 Å². The molecule has 0 aromatic heterocycles. The minimum atomic E-state index is -0.600. The number of halogens is 2. The largest absolute Gasteiger partial charge is 0.488 e. The van der Waals surface area contributed by atoms with E-state index in [-0.39, 0.29) is 11.6 Å². The molecule has 0 amide bonds. The lowest BCUT2D eigenvalue weighted by molar-refractivity contribution is -0.129. The Bertz CT molecular complexity index is 1120. The van der Waals surface area contributed by atoms with Crippen LogP contribution in [0.1, 0.15) is 16.7 Å². The van der Waals surface area contributed by atoms with Crippen LogP contribution in [0.3, 0.4) is 0 Å². The first kappa shape index (κ1) is 18.9. The zero-order chi connectivity index (χ0) is 20.2. The minimum absolute atomic E-state index is 0.0697. The highest BCUT2D eigenvalue weighted by molar-refractivity contribution is 6.30. The highest BCUT2D eigenvalue weighted by Gasteiger charge is 2.24. The number of benzene rings is 3. The molecule has 0 spiro atoms. The fourth-order valence-electron chi connectivity index (χ4n) is 2.77. The van der Waals surface area contributed by atoms with E-state index in [0.717, 1.165) is 5.56 Å². The van der Waals surface area contributed by atoms with Crippen LogP contribution in [0.2, 0.25) is 5.02 Å². The third kappa shape index (κ3) is 4.52. The molecule has 3 aromatic rings. The number of ether oxygens (including phenoxy) is 2. The average molecular weight is 408 g/mol. The number of rotatable bonds is 5. The van der Waals surface area contributed by atoms with Crippen molar-refractivity contribution in [1.29, 1.82) is 0 Å². The summed E-state index contributed by atoms with van der Waals surface area (Å²) in [6, 6.07) is 20.4. The number of aliphatic imine (C=N–C) groups is 1. The van der Waals surface area contributed by atoms with Crippen LogP contribution < -0.4 is 4.74 Å². The summed E-state index contributed by atoms with van der Waals surface area (Å²) in [5.74, 6) is -0.367. The topological polar surface area (TPSA) is 47.9 Å². The minimum Gasteiger partial charge on any atom is -0.488 e. The molecular formula is C23H15ClFNO3. The molecule has 0 saturated heterocycles. The quantitative estimate of drug-likeness (QED) is 0.420. The molecule has 1 aliphatic heterocycles. The lowest BCUT2D eigenvalue weighted by Crippen LogP contribution is -2.05. The fourth-order valence-corrected chi connectivity index (χ4v) is 2.90. The van der Waals surface area contributed by atoms with Gasteiger partial charge in [0, 0.05) is 16.1 Å². The second-order valence-corrected chi connectivity index (χ2v) is 6.74. The van der Waals surface area contributed by atoms with Crippen molar-refractivity contribution in [1.82, 2.24) is 0 Å². The highest BCUT2D eigenvalue weighted by atomic mass is 35.5. The van der Waals surface area contributed by atoms with Crippen molar-refractivity contribution < 1.29 is 18.7 Å². The van der Waals surface area contributed by atoms with E-state index in [9.17, 15) is 9.18 Å². The normalized spacial score (nSPS) is 14.6. The lowest BCUT2D eigenvalue weighted by Gasteiger charge is -2.09. The van der Waals surface area contributed by atoms with Crippen molar-refractivity contribution in [2.24, 2.45) is 4.99 Å².